The zero-order valence-corrected chi connectivity index (χ0v) is 15.0. The number of ether oxygens (including phenoxy) is 1. The standard InChI is InChI=1S/C20H22FN3O3/c21-17-11-22-20(23-19(17)27-16-2-1-3-16)24-9-8-14-10-13(5-7-18(25)26)4-6-15(14)12-24/h4,6,10-11,16H,1-3,5,7-9,12H2,(H,25,26). The van der Waals surface area contributed by atoms with Gasteiger partial charge >= 0.3 is 5.97 Å². The van der Waals surface area contributed by atoms with Crippen molar-refractivity contribution in [1.82, 2.24) is 9.97 Å². The Balaban J connectivity index is 1.47. The molecule has 2 aliphatic rings. The fourth-order valence-electron chi connectivity index (χ4n) is 3.41. The summed E-state index contributed by atoms with van der Waals surface area (Å²) in [5, 5.41) is 8.83. The van der Waals surface area contributed by atoms with Crippen molar-refractivity contribution in [3.63, 3.8) is 0 Å². The van der Waals surface area contributed by atoms with Crippen LogP contribution < -0.4 is 9.64 Å². The first-order valence-electron chi connectivity index (χ1n) is 9.35. The zero-order chi connectivity index (χ0) is 18.8. The second-order valence-electron chi connectivity index (χ2n) is 7.16. The van der Waals surface area contributed by atoms with Crippen LogP contribution in [0.2, 0.25) is 0 Å². The maximum atomic E-state index is 14.0. The molecule has 2 heterocycles. The Morgan fingerprint density at radius 1 is 1.33 bits per heavy atom. The van der Waals surface area contributed by atoms with Crippen molar-refractivity contribution in [3.8, 4) is 5.88 Å². The smallest absolute Gasteiger partial charge is 0.303 e. The molecule has 0 saturated heterocycles. The van der Waals surface area contributed by atoms with Crippen molar-refractivity contribution in [2.45, 2.75) is 51.2 Å². The highest BCUT2D eigenvalue weighted by Crippen LogP contribution is 2.28. The van der Waals surface area contributed by atoms with Gasteiger partial charge in [0.2, 0.25) is 11.8 Å². The summed E-state index contributed by atoms with van der Waals surface area (Å²) < 4.78 is 19.6. The van der Waals surface area contributed by atoms with Crippen LogP contribution in [-0.2, 0) is 24.2 Å². The summed E-state index contributed by atoms with van der Waals surface area (Å²) in [6.07, 6.45) is 5.74. The van der Waals surface area contributed by atoms with E-state index in [1.807, 2.05) is 17.0 Å². The van der Waals surface area contributed by atoms with E-state index in [0.717, 1.165) is 43.4 Å². The largest absolute Gasteiger partial charge is 0.481 e. The van der Waals surface area contributed by atoms with E-state index >= 15 is 0 Å². The Labute approximate surface area is 157 Å². The van der Waals surface area contributed by atoms with Crippen LogP contribution >= 0.6 is 0 Å². The van der Waals surface area contributed by atoms with E-state index in [2.05, 4.69) is 16.0 Å². The summed E-state index contributed by atoms with van der Waals surface area (Å²) >= 11 is 0. The molecule has 2 aromatic rings. The van der Waals surface area contributed by atoms with Gasteiger partial charge in [-0.25, -0.2) is 4.98 Å². The Kier molecular flexibility index (Phi) is 4.92. The number of benzene rings is 1. The predicted molar refractivity (Wildman–Crippen MR) is 97.4 cm³/mol. The van der Waals surface area contributed by atoms with Gasteiger partial charge in [-0.2, -0.15) is 9.37 Å². The summed E-state index contributed by atoms with van der Waals surface area (Å²) in [7, 11) is 0. The number of rotatable bonds is 6. The van der Waals surface area contributed by atoms with Gasteiger partial charge < -0.3 is 14.7 Å². The fraction of sp³-hybridized carbons (Fsp3) is 0.450. The Morgan fingerprint density at radius 3 is 2.93 bits per heavy atom. The summed E-state index contributed by atoms with van der Waals surface area (Å²) in [4.78, 5) is 21.2. The first-order chi connectivity index (χ1) is 13.1. The molecule has 0 unspecified atom stereocenters. The number of carboxylic acids is 1. The van der Waals surface area contributed by atoms with E-state index in [1.165, 1.54) is 11.8 Å². The molecule has 0 radical (unpaired) electrons. The zero-order valence-electron chi connectivity index (χ0n) is 15.0. The number of hydrogen-bond donors (Lipinski definition) is 1. The molecule has 1 fully saturated rings. The SMILES string of the molecule is O=C(O)CCc1ccc2c(c1)CCN(c1ncc(F)c(OC3CCC3)n1)C2. The Bertz CT molecular complexity index is 854. The lowest BCUT2D eigenvalue weighted by molar-refractivity contribution is -0.136. The van der Waals surface area contributed by atoms with Crippen LogP contribution in [0.1, 0.15) is 42.4 Å². The van der Waals surface area contributed by atoms with Gasteiger partial charge in [-0.15, -0.1) is 0 Å². The van der Waals surface area contributed by atoms with Crippen molar-refractivity contribution < 1.29 is 19.0 Å². The second kappa shape index (κ2) is 7.50. The second-order valence-corrected chi connectivity index (χ2v) is 7.16. The minimum atomic E-state index is -0.785. The summed E-state index contributed by atoms with van der Waals surface area (Å²) in [5.74, 6) is -0.788. The molecule has 0 atom stereocenters. The first-order valence-corrected chi connectivity index (χ1v) is 9.35. The minimum absolute atomic E-state index is 0.0412. The quantitative estimate of drug-likeness (QED) is 0.841. The number of carbonyl (C=O) groups is 1. The van der Waals surface area contributed by atoms with Crippen LogP contribution in [-0.4, -0.2) is 33.7 Å². The van der Waals surface area contributed by atoms with Crippen molar-refractivity contribution in [1.29, 1.82) is 0 Å². The normalized spacial score (nSPS) is 16.6. The highest BCUT2D eigenvalue weighted by Gasteiger charge is 2.24. The van der Waals surface area contributed by atoms with Gasteiger partial charge in [0.25, 0.3) is 5.88 Å². The fourth-order valence-corrected chi connectivity index (χ4v) is 3.41. The number of nitrogens with zero attached hydrogens (tertiary/aromatic N) is 3. The molecule has 1 aliphatic carbocycles. The van der Waals surface area contributed by atoms with Gasteiger partial charge in [-0.05, 0) is 48.8 Å². The van der Waals surface area contributed by atoms with E-state index in [-0.39, 0.29) is 18.4 Å². The highest BCUT2D eigenvalue weighted by atomic mass is 19.1. The molecule has 6 nitrogen and oxygen atoms in total. The molecule has 1 aliphatic heterocycles. The van der Waals surface area contributed by atoms with Gasteiger partial charge in [0.1, 0.15) is 6.10 Å². The maximum Gasteiger partial charge on any atom is 0.303 e. The van der Waals surface area contributed by atoms with Gasteiger partial charge in [0.05, 0.1) is 6.20 Å². The van der Waals surface area contributed by atoms with E-state index in [4.69, 9.17) is 9.84 Å². The average Bonchev–Trinajstić information content (AvgIpc) is 2.63. The van der Waals surface area contributed by atoms with Crippen molar-refractivity contribution in [3.05, 3.63) is 46.9 Å². The molecule has 0 spiro atoms. The lowest BCUT2D eigenvalue weighted by Gasteiger charge is -2.30. The summed E-state index contributed by atoms with van der Waals surface area (Å²) in [6, 6.07) is 6.10. The molecule has 1 aromatic heterocycles. The van der Waals surface area contributed by atoms with Gasteiger partial charge in [-0.3, -0.25) is 4.79 Å². The lowest BCUT2D eigenvalue weighted by Crippen LogP contribution is -2.32. The van der Waals surface area contributed by atoms with Crippen LogP contribution in [0.3, 0.4) is 0 Å². The van der Waals surface area contributed by atoms with Crippen LogP contribution in [0.4, 0.5) is 10.3 Å². The van der Waals surface area contributed by atoms with Gasteiger partial charge in [-0.1, -0.05) is 18.2 Å². The average molecular weight is 371 g/mol. The molecule has 27 heavy (non-hydrogen) atoms. The molecular weight excluding hydrogens is 349 g/mol. The summed E-state index contributed by atoms with van der Waals surface area (Å²) in [6.45, 7) is 1.37. The van der Waals surface area contributed by atoms with Crippen molar-refractivity contribution >= 4 is 11.9 Å². The predicted octanol–water partition coefficient (Wildman–Crippen LogP) is 3.13. The van der Waals surface area contributed by atoms with Gasteiger partial charge in [0.15, 0.2) is 0 Å². The lowest BCUT2D eigenvalue weighted by atomic mass is 9.96. The molecule has 142 valence electrons. The number of carboxylic acid groups (broad SMARTS) is 1. The van der Waals surface area contributed by atoms with Crippen LogP contribution in [0.25, 0.3) is 0 Å². The minimum Gasteiger partial charge on any atom is -0.481 e. The number of fused-ring (bicyclic) bond motifs is 1. The number of aromatic nitrogens is 2. The highest BCUT2D eigenvalue weighted by molar-refractivity contribution is 5.67. The molecule has 0 amide bonds. The third-order valence-electron chi connectivity index (χ3n) is 5.22. The third-order valence-corrected chi connectivity index (χ3v) is 5.22. The first kappa shape index (κ1) is 17.7. The topological polar surface area (TPSA) is 75.5 Å². The molecule has 1 aromatic carbocycles. The Hall–Kier alpha value is -2.70. The molecule has 7 heteroatoms. The molecule has 4 rings (SSSR count). The van der Waals surface area contributed by atoms with Crippen LogP contribution in [0, 0.1) is 5.82 Å². The van der Waals surface area contributed by atoms with E-state index in [0.29, 0.717) is 18.9 Å². The van der Waals surface area contributed by atoms with Crippen molar-refractivity contribution in [2.75, 3.05) is 11.4 Å². The number of aryl methyl sites for hydroxylation is 1. The van der Waals surface area contributed by atoms with E-state index in [9.17, 15) is 9.18 Å². The monoisotopic (exact) mass is 371 g/mol. The number of anilines is 1. The third kappa shape index (κ3) is 4.02. The number of hydrogen-bond acceptors (Lipinski definition) is 5. The van der Waals surface area contributed by atoms with E-state index in [1.54, 1.807) is 0 Å². The van der Waals surface area contributed by atoms with Crippen molar-refractivity contribution in [2.24, 2.45) is 0 Å². The molecular formula is C20H22FN3O3. The summed E-state index contributed by atoms with van der Waals surface area (Å²) in [5.41, 5.74) is 3.43. The van der Waals surface area contributed by atoms with Crippen LogP contribution in [0.5, 0.6) is 5.88 Å². The molecule has 0 bridgehead atoms. The molecule has 1 saturated carbocycles. The Morgan fingerprint density at radius 2 is 2.19 bits per heavy atom. The molecule has 1 N–H and O–H groups in total. The number of aliphatic carboxylic acids is 1. The van der Waals surface area contributed by atoms with Gasteiger partial charge in [0, 0.05) is 19.5 Å². The van der Waals surface area contributed by atoms with E-state index < -0.39 is 11.8 Å². The maximum absolute atomic E-state index is 14.0. The number of halogens is 1. The van der Waals surface area contributed by atoms with Crippen LogP contribution in [0.15, 0.2) is 24.4 Å².